The number of aliphatic hydroxyl groups is 1. The number of likely N-dealkylation sites (tertiary alicyclic amines) is 1. The number of aromatic hydroxyl groups is 1. The molecule has 0 spiro atoms. The van der Waals surface area contributed by atoms with Gasteiger partial charge in [0.05, 0.1) is 19.3 Å². The van der Waals surface area contributed by atoms with Crippen LogP contribution in [-0.4, -0.2) is 198 Å². The van der Waals surface area contributed by atoms with Gasteiger partial charge in [-0.15, -0.1) is 0 Å². The van der Waals surface area contributed by atoms with Gasteiger partial charge in [-0.05, 0) is 93.0 Å². The smallest absolute Gasteiger partial charge is 0.245 e. The predicted molar refractivity (Wildman–Crippen MR) is 354 cm³/mol. The molecule has 2 fully saturated rings. The van der Waals surface area contributed by atoms with Crippen LogP contribution in [0.15, 0.2) is 84.8 Å². The third kappa shape index (κ3) is 22.1. The van der Waals surface area contributed by atoms with E-state index in [1.807, 2.05) is 13.8 Å². The number of nitrogens with one attached hydrogen (secondary N) is 13. The van der Waals surface area contributed by atoms with Crippen molar-refractivity contribution in [3.8, 4) is 5.75 Å². The number of carbonyl (C=O) groups excluding carboxylic acids is 11. The number of rotatable bonds is 36. The molecule has 32 nitrogen and oxygen atoms in total. The number of aromatic amines is 3. The van der Waals surface area contributed by atoms with E-state index in [1.54, 1.807) is 51.2 Å². The average Bonchev–Trinajstić information content (AvgIpc) is 1.76. The highest BCUT2D eigenvalue weighted by Gasteiger charge is 2.40. The summed E-state index contributed by atoms with van der Waals surface area (Å²) in [4.78, 5) is 178. The van der Waals surface area contributed by atoms with Crippen molar-refractivity contribution in [1.82, 2.24) is 83.0 Å². The molecule has 5 aromatic rings. The van der Waals surface area contributed by atoms with E-state index in [9.17, 15) is 63.0 Å². The SMILES string of the molecule is CCNC(=O)[C@@H]1CCCN1C(=O)[C@H](CCCN=C(N)N)NC(=O)[C@H](CC(C)C)NC(=O)[C@@H](CC(C)C)NC(=O)[C@H](Cc1ccc(O)cc1)NC(=O)[C@H](CO)NC(=O)[C@H](Cc1c[nH]c2ccccc12)NC(=O)[C@H](Cc1cnc[nH]1)NC(=O)[C@H](Cc1cnc[nH]1)NC(=O)[C@@H]1CCC(=O)N1. The number of phenolic OH excluding ortho intramolecular Hbond substituents is 1. The number of imidazole rings is 2. The van der Waals surface area contributed by atoms with Crippen LogP contribution in [-0.2, 0) is 78.4 Å². The van der Waals surface area contributed by atoms with Crippen LogP contribution in [0.3, 0.4) is 0 Å². The summed E-state index contributed by atoms with van der Waals surface area (Å²) in [5.74, 6) is -8.70. The van der Waals surface area contributed by atoms with Gasteiger partial charge < -0.3 is 94.7 Å². The second kappa shape index (κ2) is 35.9. The molecule has 10 atom stereocenters. The fourth-order valence-electron chi connectivity index (χ4n) is 11.6. The normalized spacial score (nSPS) is 16.9. The summed E-state index contributed by atoms with van der Waals surface area (Å²) >= 11 is 0. The van der Waals surface area contributed by atoms with Gasteiger partial charge >= 0.3 is 0 Å². The fraction of sp³-hybridized carbons (Fsp3) is 0.508. The Morgan fingerprint density at radius 1 is 0.629 bits per heavy atom. The summed E-state index contributed by atoms with van der Waals surface area (Å²) in [5, 5.41) is 48.8. The highest BCUT2D eigenvalue weighted by Crippen LogP contribution is 2.23. The van der Waals surface area contributed by atoms with Gasteiger partial charge in [0.1, 0.15) is 66.2 Å². The topological polar surface area (TPSA) is 489 Å². The number of aromatic nitrogens is 5. The lowest BCUT2D eigenvalue weighted by molar-refractivity contribution is -0.142. The summed E-state index contributed by atoms with van der Waals surface area (Å²) in [5.41, 5.74) is 13.6. The standard InChI is InChI=1S/C65H91N19O13/c1-6-70-63(96)53-14-10-22-84(53)64(97)45(13-9-21-71-65(66)67)76-56(89)46(23-35(2)3)77-57(90)47(24-36(4)5)78-58(91)48(25-37-15-17-41(86)18-16-37)79-62(95)52(32-85)83-59(92)49(26-38-29-72-43-12-8-7-11-42(38)43)80-60(93)51(28-40-31-69-34-74-40)82-61(94)50(27-39-30-68-33-73-39)81-55(88)44-19-20-54(87)75-44/h7-8,11-12,15-18,29-31,33-36,44-53,72,85-86H,6,9-10,13-14,19-28,32H2,1-5H3,(H,68,73)(H,69,74)(H,70,96)(H,75,87)(H,76,89)(H,77,90)(H,78,91)(H,79,95)(H,80,93)(H,81,88)(H,82,94)(H,83,92)(H4,66,67,71)/t44-,45-,46-,47+,48-,49-,50-,51-,52-,53-/m0/s1. The minimum absolute atomic E-state index is 0.0183. The van der Waals surface area contributed by atoms with Crippen molar-refractivity contribution in [3.05, 3.63) is 102 Å². The number of carbonyl (C=O) groups is 11. The number of likely N-dealkylation sites (N-methyl/N-ethyl adjacent to an activating group) is 1. The Labute approximate surface area is 560 Å². The molecule has 19 N–H and O–H groups in total. The number of nitrogens with zero attached hydrogens (tertiary/aromatic N) is 4. The van der Waals surface area contributed by atoms with Crippen LogP contribution in [0.5, 0.6) is 5.75 Å². The van der Waals surface area contributed by atoms with Gasteiger partial charge in [-0.25, -0.2) is 9.97 Å². The van der Waals surface area contributed by atoms with Crippen molar-refractivity contribution in [2.75, 3.05) is 26.2 Å². The first-order valence-electron chi connectivity index (χ1n) is 32.6. The van der Waals surface area contributed by atoms with Crippen LogP contribution < -0.4 is 64.6 Å². The molecule has 2 saturated heterocycles. The van der Waals surface area contributed by atoms with Crippen LogP contribution in [0.1, 0.15) is 109 Å². The van der Waals surface area contributed by atoms with E-state index >= 15 is 0 Å². The zero-order valence-corrected chi connectivity index (χ0v) is 55.1. The Kier molecular flexibility index (Phi) is 27.4. The van der Waals surface area contributed by atoms with Gasteiger partial charge in [-0.2, -0.15) is 0 Å². The summed E-state index contributed by atoms with van der Waals surface area (Å²) in [6, 6.07) is -0.273. The predicted octanol–water partition coefficient (Wildman–Crippen LogP) is -1.99. The molecular formula is C65H91N19O13. The van der Waals surface area contributed by atoms with Crippen molar-refractivity contribution < 1.29 is 63.0 Å². The van der Waals surface area contributed by atoms with E-state index in [2.05, 4.69) is 83.1 Å². The van der Waals surface area contributed by atoms with E-state index < -0.39 is 120 Å². The monoisotopic (exact) mass is 1350 g/mol. The molecule has 7 rings (SSSR count). The quantitative estimate of drug-likeness (QED) is 0.0117. The molecule has 11 amide bonds. The number of guanidine groups is 1. The minimum Gasteiger partial charge on any atom is -0.508 e. The second-order valence-corrected chi connectivity index (χ2v) is 25.1. The van der Waals surface area contributed by atoms with Crippen molar-refractivity contribution in [1.29, 1.82) is 0 Å². The minimum atomic E-state index is -1.81. The molecule has 3 aromatic heterocycles. The molecule has 0 radical (unpaired) electrons. The zero-order chi connectivity index (χ0) is 70.3. The highest BCUT2D eigenvalue weighted by molar-refractivity contribution is 6.00. The van der Waals surface area contributed by atoms with Crippen molar-refractivity contribution in [2.45, 2.75) is 172 Å². The first-order valence-corrected chi connectivity index (χ1v) is 32.6. The summed E-state index contributed by atoms with van der Waals surface area (Å²) < 4.78 is 0. The molecule has 2 aliphatic heterocycles. The van der Waals surface area contributed by atoms with Gasteiger partial charge in [0.2, 0.25) is 65.0 Å². The molecule has 2 aliphatic rings. The number of hydrogen-bond donors (Lipinski definition) is 17. The number of aliphatic hydroxyl groups excluding tert-OH is 1. The van der Waals surface area contributed by atoms with E-state index in [1.165, 1.54) is 54.2 Å². The number of phenols is 1. The van der Waals surface area contributed by atoms with Crippen molar-refractivity contribution in [3.63, 3.8) is 0 Å². The van der Waals surface area contributed by atoms with Gasteiger partial charge in [-0.1, -0.05) is 58.0 Å². The highest BCUT2D eigenvalue weighted by atomic mass is 16.3. The number of aliphatic imine (C=N–C) groups is 1. The van der Waals surface area contributed by atoms with E-state index in [0.29, 0.717) is 52.8 Å². The summed E-state index contributed by atoms with van der Waals surface area (Å²) in [6.07, 6.45) is 8.14. The summed E-state index contributed by atoms with van der Waals surface area (Å²) in [7, 11) is 0. The van der Waals surface area contributed by atoms with Crippen molar-refractivity contribution >= 4 is 81.8 Å². The Balaban J connectivity index is 1.11. The summed E-state index contributed by atoms with van der Waals surface area (Å²) in [6.45, 7) is 8.72. The molecule has 524 valence electrons. The van der Waals surface area contributed by atoms with Gasteiger partial charge in [-0.3, -0.25) is 57.7 Å². The number of amides is 11. The molecule has 97 heavy (non-hydrogen) atoms. The maximum Gasteiger partial charge on any atom is 0.245 e. The van der Waals surface area contributed by atoms with Gasteiger partial charge in [0.15, 0.2) is 5.96 Å². The molecule has 32 heteroatoms. The lowest BCUT2D eigenvalue weighted by Gasteiger charge is -2.31. The molecular weight excluding hydrogens is 1250 g/mol. The lowest BCUT2D eigenvalue weighted by Crippen LogP contribution is -2.62. The Morgan fingerprint density at radius 2 is 1.14 bits per heavy atom. The van der Waals surface area contributed by atoms with Crippen molar-refractivity contribution in [2.24, 2.45) is 28.3 Å². The Bertz CT molecular complexity index is 3540. The first kappa shape index (κ1) is 74.0. The number of fused-ring (bicyclic) bond motifs is 1. The van der Waals surface area contributed by atoms with Crippen LogP contribution in [0.25, 0.3) is 10.9 Å². The number of benzene rings is 2. The van der Waals surface area contributed by atoms with Crippen LogP contribution >= 0.6 is 0 Å². The fourth-order valence-corrected chi connectivity index (χ4v) is 11.6. The van der Waals surface area contributed by atoms with E-state index in [4.69, 9.17) is 11.5 Å². The average molecular weight is 1350 g/mol. The third-order valence-electron chi connectivity index (χ3n) is 16.5. The second-order valence-electron chi connectivity index (χ2n) is 25.1. The first-order chi connectivity index (χ1) is 46.4. The van der Waals surface area contributed by atoms with E-state index in [-0.39, 0.29) is 113 Å². The molecule has 0 saturated carbocycles. The van der Waals surface area contributed by atoms with Crippen LogP contribution in [0.2, 0.25) is 0 Å². The number of nitrogens with two attached hydrogens (primary N) is 2. The maximum absolute atomic E-state index is 14.9. The zero-order valence-electron chi connectivity index (χ0n) is 55.1. The van der Waals surface area contributed by atoms with Crippen LogP contribution in [0, 0.1) is 11.8 Å². The van der Waals surface area contributed by atoms with Gasteiger partial charge in [0, 0.05) is 92.6 Å². The van der Waals surface area contributed by atoms with E-state index in [0.717, 1.165) is 0 Å². The Morgan fingerprint density at radius 3 is 1.67 bits per heavy atom. The largest absolute Gasteiger partial charge is 0.508 e. The number of hydrogen-bond acceptors (Lipinski definition) is 16. The lowest BCUT2D eigenvalue weighted by atomic mass is 9.98. The number of para-hydroxylation sites is 1. The molecule has 5 heterocycles. The number of H-pyrrole nitrogens is 3. The molecule has 0 bridgehead atoms. The molecule has 2 aromatic carbocycles. The Hall–Kier alpha value is -10.4. The molecule has 0 unspecified atom stereocenters. The molecule has 0 aliphatic carbocycles. The maximum atomic E-state index is 14.9. The van der Waals surface area contributed by atoms with Gasteiger partial charge in [0.25, 0.3) is 0 Å². The third-order valence-corrected chi connectivity index (χ3v) is 16.5. The van der Waals surface area contributed by atoms with Crippen LogP contribution in [0.4, 0.5) is 0 Å².